The summed E-state index contributed by atoms with van der Waals surface area (Å²) in [4.78, 5) is 25.2. The summed E-state index contributed by atoms with van der Waals surface area (Å²) in [6.07, 6.45) is 1.95. The van der Waals surface area contributed by atoms with Gasteiger partial charge in [-0.1, -0.05) is 24.6 Å². The van der Waals surface area contributed by atoms with Crippen LogP contribution in [0.15, 0.2) is 17.9 Å². The summed E-state index contributed by atoms with van der Waals surface area (Å²) in [6.45, 7) is 10.2. The fourth-order valence-electron chi connectivity index (χ4n) is 4.89. The first kappa shape index (κ1) is 23.7. The number of hydrogen-bond acceptors (Lipinski definition) is 6. The first-order valence-electron chi connectivity index (χ1n) is 11.1. The molecule has 2 aliphatic heterocycles. The van der Waals surface area contributed by atoms with Crippen molar-refractivity contribution < 1.29 is 24.3 Å². The minimum atomic E-state index is -0.878. The second kappa shape index (κ2) is 9.69. The van der Waals surface area contributed by atoms with Crippen LogP contribution in [0.4, 0.5) is 0 Å². The molecule has 2 aliphatic rings. The van der Waals surface area contributed by atoms with E-state index in [1.807, 2.05) is 38.0 Å². The van der Waals surface area contributed by atoms with Gasteiger partial charge in [0.15, 0.2) is 0 Å². The molecular formula is C24H36N2O5. The minimum Gasteiger partial charge on any atom is -0.509 e. The number of hydrogen-bond donors (Lipinski definition) is 1. The summed E-state index contributed by atoms with van der Waals surface area (Å²) in [5.74, 6) is 0.0109. The third-order valence-corrected chi connectivity index (χ3v) is 6.62. The molecule has 1 amide bonds. The van der Waals surface area contributed by atoms with Crippen molar-refractivity contribution >= 4 is 11.5 Å². The zero-order valence-electron chi connectivity index (χ0n) is 19.7. The van der Waals surface area contributed by atoms with Crippen molar-refractivity contribution in [2.24, 2.45) is 5.92 Å². The molecule has 0 radical (unpaired) electrons. The van der Waals surface area contributed by atoms with Crippen molar-refractivity contribution in [3.63, 3.8) is 0 Å². The van der Waals surface area contributed by atoms with Crippen LogP contribution in [0, 0.1) is 26.7 Å². The van der Waals surface area contributed by atoms with Crippen LogP contribution in [0.5, 0.6) is 0 Å². The summed E-state index contributed by atoms with van der Waals surface area (Å²) in [6, 6.07) is 4.09. The molecule has 3 rings (SSSR count). The summed E-state index contributed by atoms with van der Waals surface area (Å²) < 4.78 is 5.29. The number of carbonyl (C=O) groups is 1. The number of aliphatic hydroxyl groups is 1. The minimum absolute atomic E-state index is 0.114. The predicted molar refractivity (Wildman–Crippen MR) is 119 cm³/mol. The van der Waals surface area contributed by atoms with Crippen LogP contribution < -0.4 is 0 Å². The summed E-state index contributed by atoms with van der Waals surface area (Å²) in [5, 5.41) is 14.8. The Morgan fingerprint density at radius 3 is 2.23 bits per heavy atom. The molecule has 0 saturated carbocycles. The maximum absolute atomic E-state index is 13.7. The normalized spacial score (nSPS) is 20.2. The standard InChI is InChI=1S/C24H36N2O5/c1-7-19(14-29-5)15-31-26-23(28)21(20-17(3)12-16(2)13-18(20)4)22(27)24(26)8-10-25(30-6)11-9-24/h12-13,19,27H,7-11,14-15H2,1-6H3. The molecule has 1 aromatic carbocycles. The lowest BCUT2D eigenvalue weighted by atomic mass is 9.85. The van der Waals surface area contributed by atoms with Crippen LogP contribution in [-0.2, 0) is 19.2 Å². The quantitative estimate of drug-likeness (QED) is 0.675. The van der Waals surface area contributed by atoms with Crippen molar-refractivity contribution in [3.8, 4) is 0 Å². The second-order valence-electron chi connectivity index (χ2n) is 8.77. The highest BCUT2D eigenvalue weighted by atomic mass is 16.7. The number of amides is 1. The fourth-order valence-corrected chi connectivity index (χ4v) is 4.89. The van der Waals surface area contributed by atoms with Crippen molar-refractivity contribution in [3.05, 3.63) is 40.1 Å². The maximum atomic E-state index is 13.7. The van der Waals surface area contributed by atoms with E-state index in [-0.39, 0.29) is 17.6 Å². The molecular weight excluding hydrogens is 396 g/mol. The molecule has 172 valence electrons. The van der Waals surface area contributed by atoms with E-state index in [9.17, 15) is 9.90 Å². The molecule has 1 spiro atoms. The summed E-state index contributed by atoms with van der Waals surface area (Å²) >= 11 is 0. The number of rotatable bonds is 8. The van der Waals surface area contributed by atoms with Crippen molar-refractivity contribution in [1.82, 2.24) is 10.1 Å². The Morgan fingerprint density at radius 1 is 1.10 bits per heavy atom. The van der Waals surface area contributed by atoms with Gasteiger partial charge < -0.3 is 14.7 Å². The zero-order chi connectivity index (χ0) is 22.8. The summed E-state index contributed by atoms with van der Waals surface area (Å²) in [7, 11) is 3.31. The van der Waals surface area contributed by atoms with Gasteiger partial charge in [0.1, 0.15) is 11.3 Å². The molecule has 0 aromatic heterocycles. The molecule has 1 aromatic rings. The Balaban J connectivity index is 2.02. The van der Waals surface area contributed by atoms with Gasteiger partial charge in [-0.3, -0.25) is 9.63 Å². The Morgan fingerprint density at radius 2 is 1.71 bits per heavy atom. The Kier molecular flexibility index (Phi) is 7.42. The lowest BCUT2D eigenvalue weighted by molar-refractivity contribution is -0.237. The third-order valence-electron chi connectivity index (χ3n) is 6.62. The molecule has 1 unspecified atom stereocenters. The highest BCUT2D eigenvalue weighted by Gasteiger charge is 2.55. The number of aryl methyl sites for hydroxylation is 3. The average molecular weight is 433 g/mol. The third kappa shape index (κ3) is 4.37. The average Bonchev–Trinajstić information content (AvgIpc) is 2.92. The van der Waals surface area contributed by atoms with Crippen LogP contribution in [-0.4, -0.2) is 67.2 Å². The number of aliphatic hydroxyl groups excluding tert-OH is 1. The summed E-state index contributed by atoms with van der Waals surface area (Å²) in [5.41, 5.74) is 3.37. The lowest BCUT2D eigenvalue weighted by Gasteiger charge is -2.43. The fraction of sp³-hybridized carbons (Fsp3) is 0.625. The van der Waals surface area contributed by atoms with E-state index >= 15 is 0 Å². The number of carbonyl (C=O) groups excluding carboxylic acids is 1. The number of benzene rings is 1. The smallest absolute Gasteiger partial charge is 0.282 e. The van der Waals surface area contributed by atoms with Gasteiger partial charge in [-0.15, -0.1) is 0 Å². The SMILES string of the molecule is CCC(COC)CON1C(=O)C(c2c(C)cc(C)cc2C)=C(O)C12CCN(OC)CC2. The van der Waals surface area contributed by atoms with Crippen molar-refractivity contribution in [2.75, 3.05) is 40.5 Å². The van der Waals surface area contributed by atoms with Gasteiger partial charge >= 0.3 is 0 Å². The highest BCUT2D eigenvalue weighted by molar-refractivity contribution is 6.23. The molecule has 1 N–H and O–H groups in total. The molecule has 1 atom stereocenters. The van der Waals surface area contributed by atoms with Gasteiger partial charge in [-0.2, -0.15) is 5.06 Å². The van der Waals surface area contributed by atoms with E-state index in [1.54, 1.807) is 14.2 Å². The van der Waals surface area contributed by atoms with E-state index in [1.165, 1.54) is 5.06 Å². The first-order chi connectivity index (χ1) is 14.8. The first-order valence-corrected chi connectivity index (χ1v) is 11.1. The van der Waals surface area contributed by atoms with Crippen LogP contribution in [0.1, 0.15) is 48.4 Å². The largest absolute Gasteiger partial charge is 0.509 e. The van der Waals surface area contributed by atoms with Gasteiger partial charge in [0, 0.05) is 26.1 Å². The van der Waals surface area contributed by atoms with Gasteiger partial charge in [0.05, 0.1) is 25.9 Å². The number of methoxy groups -OCH3 is 1. The van der Waals surface area contributed by atoms with Gasteiger partial charge in [0.2, 0.25) is 0 Å². The zero-order valence-corrected chi connectivity index (χ0v) is 19.7. The van der Waals surface area contributed by atoms with E-state index in [2.05, 4.69) is 6.92 Å². The molecule has 0 bridgehead atoms. The molecule has 7 heteroatoms. The van der Waals surface area contributed by atoms with Crippen molar-refractivity contribution in [2.45, 2.75) is 52.5 Å². The number of hydroxylamine groups is 4. The molecule has 7 nitrogen and oxygen atoms in total. The van der Waals surface area contributed by atoms with Gasteiger partial charge in [-0.25, -0.2) is 5.06 Å². The van der Waals surface area contributed by atoms with Crippen LogP contribution in [0.25, 0.3) is 5.57 Å². The predicted octanol–water partition coefficient (Wildman–Crippen LogP) is 3.72. The van der Waals surface area contributed by atoms with E-state index in [0.29, 0.717) is 44.7 Å². The molecule has 1 fully saturated rings. The topological polar surface area (TPSA) is 71.5 Å². The Hall–Kier alpha value is -1.93. The molecule has 1 saturated heterocycles. The van der Waals surface area contributed by atoms with E-state index in [4.69, 9.17) is 14.4 Å². The van der Waals surface area contributed by atoms with Gasteiger partial charge in [-0.05, 0) is 56.7 Å². The number of nitrogens with zero attached hydrogens (tertiary/aromatic N) is 2. The number of ether oxygens (including phenoxy) is 1. The van der Waals surface area contributed by atoms with Gasteiger partial charge in [0.25, 0.3) is 5.91 Å². The van der Waals surface area contributed by atoms with Crippen LogP contribution in [0.3, 0.4) is 0 Å². The van der Waals surface area contributed by atoms with Crippen LogP contribution >= 0.6 is 0 Å². The Bertz CT molecular complexity index is 819. The second-order valence-corrected chi connectivity index (χ2v) is 8.77. The lowest BCUT2D eigenvalue weighted by Crippen LogP contribution is -2.55. The molecule has 0 aliphatic carbocycles. The Labute approximate surface area is 185 Å². The maximum Gasteiger partial charge on any atom is 0.282 e. The highest BCUT2D eigenvalue weighted by Crippen LogP contribution is 2.46. The van der Waals surface area contributed by atoms with E-state index in [0.717, 1.165) is 28.7 Å². The van der Waals surface area contributed by atoms with E-state index < -0.39 is 5.54 Å². The monoisotopic (exact) mass is 432 g/mol. The molecule has 2 heterocycles. The number of piperidine rings is 1. The van der Waals surface area contributed by atoms with Crippen LogP contribution in [0.2, 0.25) is 0 Å². The molecule has 31 heavy (non-hydrogen) atoms. The van der Waals surface area contributed by atoms with Crippen molar-refractivity contribution in [1.29, 1.82) is 0 Å².